The molecule has 0 unspecified atom stereocenters. The first kappa shape index (κ1) is 16.9. The van der Waals surface area contributed by atoms with Crippen molar-refractivity contribution in [1.82, 2.24) is 4.98 Å². The first-order chi connectivity index (χ1) is 13.6. The Hall–Kier alpha value is -3.23. The molecule has 0 atom stereocenters. The van der Waals surface area contributed by atoms with Crippen LogP contribution in [-0.2, 0) is 0 Å². The van der Waals surface area contributed by atoms with Crippen molar-refractivity contribution in [3.8, 4) is 5.75 Å². The van der Waals surface area contributed by atoms with Gasteiger partial charge in [0.2, 0.25) is 0 Å². The van der Waals surface area contributed by atoms with Gasteiger partial charge in [-0.05, 0) is 36.4 Å². The lowest BCUT2D eigenvalue weighted by Crippen LogP contribution is -2.09. The van der Waals surface area contributed by atoms with Gasteiger partial charge in [0.25, 0.3) is 5.91 Å². The summed E-state index contributed by atoms with van der Waals surface area (Å²) in [6.45, 7) is 0. The van der Waals surface area contributed by atoms with Crippen LogP contribution < -0.4 is 15.7 Å². The molecule has 6 nitrogen and oxygen atoms in total. The SMILES string of the molecule is COc1ccc2nc(NC(=O)c3cc4c(=O)oc5ccccc5c4s3)sc2c1. The molecule has 0 aliphatic heterocycles. The van der Waals surface area contributed by atoms with E-state index in [1.165, 1.54) is 22.7 Å². The van der Waals surface area contributed by atoms with Crippen LogP contribution in [-0.4, -0.2) is 18.0 Å². The quantitative estimate of drug-likeness (QED) is 0.430. The third-order valence-electron chi connectivity index (χ3n) is 4.33. The van der Waals surface area contributed by atoms with Crippen LogP contribution >= 0.6 is 22.7 Å². The highest BCUT2D eigenvalue weighted by Gasteiger charge is 2.17. The van der Waals surface area contributed by atoms with Gasteiger partial charge in [0.15, 0.2) is 5.13 Å². The Morgan fingerprint density at radius 1 is 1.11 bits per heavy atom. The fourth-order valence-corrected chi connectivity index (χ4v) is 4.96. The molecule has 28 heavy (non-hydrogen) atoms. The van der Waals surface area contributed by atoms with Crippen LogP contribution in [0.4, 0.5) is 5.13 Å². The van der Waals surface area contributed by atoms with Crippen LogP contribution in [0.25, 0.3) is 31.3 Å². The molecule has 0 aliphatic rings. The molecule has 138 valence electrons. The minimum atomic E-state index is -0.448. The second kappa shape index (κ2) is 6.43. The van der Waals surface area contributed by atoms with Crippen molar-refractivity contribution < 1.29 is 13.9 Å². The summed E-state index contributed by atoms with van der Waals surface area (Å²) >= 11 is 2.63. The third-order valence-corrected chi connectivity index (χ3v) is 6.43. The number of thiazole rings is 1. The molecule has 8 heteroatoms. The molecule has 3 aromatic heterocycles. The van der Waals surface area contributed by atoms with Gasteiger partial charge in [0, 0.05) is 5.39 Å². The number of nitrogens with zero attached hydrogens (tertiary/aromatic N) is 1. The lowest BCUT2D eigenvalue weighted by molar-refractivity contribution is 0.103. The zero-order valence-electron chi connectivity index (χ0n) is 14.5. The summed E-state index contributed by atoms with van der Waals surface area (Å²) in [6.07, 6.45) is 0. The van der Waals surface area contributed by atoms with Crippen LogP contribution in [0.2, 0.25) is 0 Å². The van der Waals surface area contributed by atoms with Crippen LogP contribution in [0, 0.1) is 0 Å². The number of ether oxygens (including phenoxy) is 1. The molecule has 0 aliphatic carbocycles. The standard InChI is InChI=1S/C20H12N2O4S2/c1-25-10-6-7-13-15(8-10)28-20(21-13)22-18(23)16-9-12-17(27-16)11-4-2-3-5-14(11)26-19(12)24/h2-9H,1H3,(H,21,22,23). The Morgan fingerprint density at radius 2 is 1.96 bits per heavy atom. The van der Waals surface area contributed by atoms with E-state index in [-0.39, 0.29) is 5.91 Å². The van der Waals surface area contributed by atoms with E-state index in [9.17, 15) is 9.59 Å². The molecule has 0 saturated heterocycles. The number of anilines is 1. The van der Waals surface area contributed by atoms with Crippen LogP contribution in [0.15, 0.2) is 57.7 Å². The van der Waals surface area contributed by atoms with Gasteiger partial charge in [-0.15, -0.1) is 11.3 Å². The average molecular weight is 408 g/mol. The summed E-state index contributed by atoms with van der Waals surface area (Å²) in [5.41, 5.74) is 0.842. The minimum Gasteiger partial charge on any atom is -0.497 e. The first-order valence-corrected chi connectivity index (χ1v) is 9.97. The number of nitrogens with one attached hydrogen (secondary N) is 1. The normalized spacial score (nSPS) is 11.3. The number of carbonyl (C=O) groups excluding carboxylic acids is 1. The number of benzene rings is 2. The van der Waals surface area contributed by atoms with Crippen molar-refractivity contribution >= 4 is 65.0 Å². The van der Waals surface area contributed by atoms with Gasteiger partial charge in [-0.1, -0.05) is 23.5 Å². The minimum absolute atomic E-state index is 0.310. The molecule has 0 radical (unpaired) electrons. The molecule has 1 N–H and O–H groups in total. The maximum Gasteiger partial charge on any atom is 0.345 e. The Balaban J connectivity index is 1.53. The Kier molecular flexibility index (Phi) is 3.88. The highest BCUT2D eigenvalue weighted by Crippen LogP contribution is 2.32. The van der Waals surface area contributed by atoms with E-state index in [1.807, 2.05) is 30.3 Å². The van der Waals surface area contributed by atoms with E-state index in [4.69, 9.17) is 9.15 Å². The highest BCUT2D eigenvalue weighted by molar-refractivity contribution is 7.23. The maximum absolute atomic E-state index is 12.7. The van der Waals surface area contributed by atoms with E-state index in [0.717, 1.165) is 26.1 Å². The van der Waals surface area contributed by atoms with Crippen molar-refractivity contribution in [2.75, 3.05) is 12.4 Å². The fraction of sp³-hybridized carbons (Fsp3) is 0.0500. The second-order valence-corrected chi connectivity index (χ2v) is 8.13. The predicted octanol–water partition coefficient (Wildman–Crippen LogP) is 4.88. The molecular formula is C20H12N2O4S2. The van der Waals surface area contributed by atoms with E-state index in [2.05, 4.69) is 10.3 Å². The number of aromatic nitrogens is 1. The zero-order valence-corrected chi connectivity index (χ0v) is 16.1. The number of methoxy groups -OCH3 is 1. The third kappa shape index (κ3) is 2.74. The summed E-state index contributed by atoms with van der Waals surface area (Å²) in [6, 6.07) is 14.4. The van der Waals surface area contributed by atoms with Crippen molar-refractivity contribution in [2.45, 2.75) is 0 Å². The summed E-state index contributed by atoms with van der Waals surface area (Å²) in [4.78, 5) is 29.8. The van der Waals surface area contributed by atoms with Gasteiger partial charge in [-0.3, -0.25) is 10.1 Å². The Bertz CT molecular complexity index is 1430. The Labute approximate surface area is 166 Å². The van der Waals surface area contributed by atoms with Gasteiger partial charge in [-0.2, -0.15) is 0 Å². The molecule has 2 aromatic carbocycles. The van der Waals surface area contributed by atoms with Gasteiger partial charge >= 0.3 is 5.63 Å². The van der Waals surface area contributed by atoms with E-state index in [1.54, 1.807) is 25.3 Å². The molecule has 0 fully saturated rings. The van der Waals surface area contributed by atoms with Crippen molar-refractivity contribution in [1.29, 1.82) is 0 Å². The fourth-order valence-electron chi connectivity index (χ4n) is 3.00. The van der Waals surface area contributed by atoms with Crippen LogP contribution in [0.3, 0.4) is 0 Å². The van der Waals surface area contributed by atoms with Crippen molar-refractivity contribution in [3.05, 3.63) is 63.8 Å². The molecule has 0 bridgehead atoms. The summed E-state index contributed by atoms with van der Waals surface area (Å²) < 4.78 is 12.2. The first-order valence-electron chi connectivity index (χ1n) is 8.34. The highest BCUT2D eigenvalue weighted by atomic mass is 32.1. The van der Waals surface area contributed by atoms with Gasteiger partial charge in [-0.25, -0.2) is 9.78 Å². The molecule has 0 spiro atoms. The predicted molar refractivity (Wildman–Crippen MR) is 112 cm³/mol. The van der Waals surface area contributed by atoms with Crippen molar-refractivity contribution in [3.63, 3.8) is 0 Å². The van der Waals surface area contributed by atoms with Crippen LogP contribution in [0.5, 0.6) is 5.75 Å². The lowest BCUT2D eigenvalue weighted by atomic mass is 10.2. The smallest absolute Gasteiger partial charge is 0.345 e. The van der Waals surface area contributed by atoms with E-state index in [0.29, 0.717) is 21.0 Å². The Morgan fingerprint density at radius 3 is 2.82 bits per heavy atom. The molecular weight excluding hydrogens is 396 g/mol. The molecule has 3 heterocycles. The summed E-state index contributed by atoms with van der Waals surface area (Å²) in [5, 5.41) is 4.53. The number of amides is 1. The molecule has 0 saturated carbocycles. The number of para-hydroxylation sites is 1. The van der Waals surface area contributed by atoms with Gasteiger partial charge in [0.05, 0.1) is 32.3 Å². The average Bonchev–Trinajstić information content (AvgIpc) is 3.32. The number of rotatable bonds is 3. The van der Waals surface area contributed by atoms with Crippen LogP contribution in [0.1, 0.15) is 9.67 Å². The van der Waals surface area contributed by atoms with E-state index >= 15 is 0 Å². The summed E-state index contributed by atoms with van der Waals surface area (Å²) in [7, 11) is 1.60. The number of fused-ring (bicyclic) bond motifs is 4. The van der Waals surface area contributed by atoms with Gasteiger partial charge < -0.3 is 9.15 Å². The second-order valence-electron chi connectivity index (χ2n) is 6.05. The topological polar surface area (TPSA) is 81.4 Å². The number of thiophene rings is 1. The number of carbonyl (C=O) groups is 1. The van der Waals surface area contributed by atoms with E-state index < -0.39 is 5.63 Å². The lowest BCUT2D eigenvalue weighted by Gasteiger charge is -1.97. The number of hydrogen-bond acceptors (Lipinski definition) is 7. The number of hydrogen-bond donors (Lipinski definition) is 1. The molecule has 1 amide bonds. The summed E-state index contributed by atoms with van der Waals surface area (Å²) in [5.74, 6) is 0.424. The largest absolute Gasteiger partial charge is 0.497 e. The maximum atomic E-state index is 12.7. The monoisotopic (exact) mass is 408 g/mol. The molecule has 5 aromatic rings. The zero-order chi connectivity index (χ0) is 19.3. The van der Waals surface area contributed by atoms with Gasteiger partial charge in [0.1, 0.15) is 11.3 Å². The van der Waals surface area contributed by atoms with Crippen molar-refractivity contribution in [2.24, 2.45) is 0 Å². The molecule has 5 rings (SSSR count).